The molecule has 0 bridgehead atoms. The number of hydrogen-bond donors (Lipinski definition) is 1. The van der Waals surface area contributed by atoms with Crippen LogP contribution in [0.25, 0.3) is 10.9 Å². The fourth-order valence-corrected chi connectivity index (χ4v) is 4.97. The SMILES string of the molecule is CCOc1cc(C=Nn2c(C(C)(C)C)nc3ccc(Br)cc3c2=O)cc(I)c1OCc1ccc(C(=O)O)cc1. The molecule has 0 saturated carbocycles. The molecule has 39 heavy (non-hydrogen) atoms. The summed E-state index contributed by atoms with van der Waals surface area (Å²) in [5.74, 6) is 0.683. The van der Waals surface area contributed by atoms with Crippen molar-refractivity contribution in [3.05, 3.63) is 95.5 Å². The lowest BCUT2D eigenvalue weighted by Crippen LogP contribution is -2.29. The molecule has 1 heterocycles. The van der Waals surface area contributed by atoms with E-state index in [1.165, 1.54) is 4.68 Å². The third-order valence-corrected chi connectivity index (χ3v) is 7.01. The van der Waals surface area contributed by atoms with Gasteiger partial charge in [-0.1, -0.05) is 48.8 Å². The summed E-state index contributed by atoms with van der Waals surface area (Å²) in [4.78, 5) is 29.3. The Hall–Kier alpha value is -3.25. The van der Waals surface area contributed by atoms with E-state index in [0.717, 1.165) is 19.2 Å². The minimum atomic E-state index is -0.975. The highest BCUT2D eigenvalue weighted by molar-refractivity contribution is 14.1. The van der Waals surface area contributed by atoms with Crippen molar-refractivity contribution in [2.75, 3.05) is 6.61 Å². The summed E-state index contributed by atoms with van der Waals surface area (Å²) in [5, 5.41) is 14.1. The highest BCUT2D eigenvalue weighted by atomic mass is 127. The van der Waals surface area contributed by atoms with Crippen molar-refractivity contribution in [2.45, 2.75) is 39.7 Å². The molecule has 0 atom stereocenters. The van der Waals surface area contributed by atoms with Crippen molar-refractivity contribution in [3.63, 3.8) is 0 Å². The summed E-state index contributed by atoms with van der Waals surface area (Å²) in [7, 11) is 0. The molecular weight excluding hydrogens is 677 g/mol. The summed E-state index contributed by atoms with van der Waals surface area (Å²) < 4.78 is 14.9. The zero-order valence-corrected chi connectivity index (χ0v) is 25.6. The van der Waals surface area contributed by atoms with Crippen molar-refractivity contribution in [1.29, 1.82) is 0 Å². The molecule has 4 rings (SSSR count). The van der Waals surface area contributed by atoms with Gasteiger partial charge in [0.15, 0.2) is 11.5 Å². The summed E-state index contributed by atoms with van der Waals surface area (Å²) in [5.41, 5.74) is 1.71. The van der Waals surface area contributed by atoms with Gasteiger partial charge in [0.25, 0.3) is 5.56 Å². The summed E-state index contributed by atoms with van der Waals surface area (Å²) in [6, 6.07) is 15.7. The minimum absolute atomic E-state index is 0.218. The van der Waals surface area contributed by atoms with Crippen LogP contribution in [0.15, 0.2) is 69.0 Å². The van der Waals surface area contributed by atoms with Gasteiger partial charge in [-0.05, 0) is 83.1 Å². The third-order valence-electron chi connectivity index (χ3n) is 5.72. The first kappa shape index (κ1) is 28.8. The van der Waals surface area contributed by atoms with Crippen molar-refractivity contribution >= 4 is 61.6 Å². The Labute approximate surface area is 248 Å². The molecule has 10 heteroatoms. The van der Waals surface area contributed by atoms with Gasteiger partial charge in [-0.2, -0.15) is 9.78 Å². The maximum Gasteiger partial charge on any atom is 0.335 e. The Morgan fingerprint density at radius 1 is 1.13 bits per heavy atom. The molecule has 0 saturated heterocycles. The van der Waals surface area contributed by atoms with Gasteiger partial charge >= 0.3 is 5.97 Å². The first-order valence-corrected chi connectivity index (χ1v) is 14.0. The lowest BCUT2D eigenvalue weighted by atomic mass is 9.95. The van der Waals surface area contributed by atoms with Crippen molar-refractivity contribution < 1.29 is 19.4 Å². The van der Waals surface area contributed by atoms with E-state index in [1.54, 1.807) is 36.5 Å². The highest BCUT2D eigenvalue weighted by Crippen LogP contribution is 2.34. The number of ether oxygens (including phenoxy) is 2. The molecule has 0 aliphatic rings. The number of halogens is 2. The monoisotopic (exact) mass is 703 g/mol. The van der Waals surface area contributed by atoms with Crippen LogP contribution in [0.2, 0.25) is 0 Å². The topological polar surface area (TPSA) is 103 Å². The number of hydrogen-bond acceptors (Lipinski definition) is 6. The van der Waals surface area contributed by atoms with Crippen LogP contribution in [0.3, 0.4) is 0 Å². The second-order valence-corrected chi connectivity index (χ2v) is 11.8. The second kappa shape index (κ2) is 11.9. The number of carbonyl (C=O) groups is 1. The molecule has 3 aromatic carbocycles. The average molecular weight is 704 g/mol. The highest BCUT2D eigenvalue weighted by Gasteiger charge is 2.23. The lowest BCUT2D eigenvalue weighted by molar-refractivity contribution is 0.0697. The Bertz CT molecular complexity index is 1630. The zero-order chi connectivity index (χ0) is 28.3. The van der Waals surface area contributed by atoms with Gasteiger partial charge in [0, 0.05) is 9.89 Å². The quantitative estimate of drug-likeness (QED) is 0.164. The van der Waals surface area contributed by atoms with Crippen LogP contribution in [0, 0.1) is 3.57 Å². The van der Waals surface area contributed by atoms with E-state index >= 15 is 0 Å². The van der Waals surface area contributed by atoms with Gasteiger partial charge in [-0.3, -0.25) is 4.79 Å². The van der Waals surface area contributed by atoms with Crippen molar-refractivity contribution in [2.24, 2.45) is 5.10 Å². The van der Waals surface area contributed by atoms with E-state index in [0.29, 0.717) is 34.8 Å². The summed E-state index contributed by atoms with van der Waals surface area (Å²) in [6.45, 7) is 8.52. The van der Waals surface area contributed by atoms with E-state index < -0.39 is 11.4 Å². The Morgan fingerprint density at radius 3 is 2.49 bits per heavy atom. The maximum atomic E-state index is 13.4. The number of aromatic carboxylic acids is 1. The molecule has 0 amide bonds. The van der Waals surface area contributed by atoms with Gasteiger partial charge in [0.05, 0.1) is 32.9 Å². The van der Waals surface area contributed by atoms with Crippen LogP contribution < -0.4 is 15.0 Å². The number of carboxylic acids is 1. The van der Waals surface area contributed by atoms with Crippen molar-refractivity contribution in [1.82, 2.24) is 9.66 Å². The Balaban J connectivity index is 1.69. The largest absolute Gasteiger partial charge is 0.490 e. The molecular formula is C29H27BrIN3O5. The van der Waals surface area contributed by atoms with E-state index in [9.17, 15) is 9.59 Å². The van der Waals surface area contributed by atoms with Gasteiger partial charge < -0.3 is 14.6 Å². The van der Waals surface area contributed by atoms with Gasteiger partial charge in [0.1, 0.15) is 12.4 Å². The molecule has 8 nitrogen and oxygen atoms in total. The maximum absolute atomic E-state index is 13.4. The molecule has 0 fully saturated rings. The first-order chi connectivity index (χ1) is 18.5. The number of nitrogens with zero attached hydrogens (tertiary/aromatic N) is 3. The number of benzene rings is 3. The predicted molar refractivity (Wildman–Crippen MR) is 163 cm³/mol. The fraction of sp³-hybridized carbons (Fsp3) is 0.241. The fourth-order valence-electron chi connectivity index (χ4n) is 3.83. The standard InChI is InChI=1S/C29H27BrIN3O5/c1-5-38-24-13-18(12-22(31)25(24)39-16-17-6-8-19(9-7-17)27(36)37)15-32-34-26(35)21-14-20(30)10-11-23(21)33-28(34)29(2,3)4/h6-15H,5,16H2,1-4H3,(H,36,37). The molecule has 0 aliphatic carbocycles. The smallest absolute Gasteiger partial charge is 0.335 e. The second-order valence-electron chi connectivity index (χ2n) is 9.76. The molecule has 1 N–H and O–H groups in total. The molecule has 0 unspecified atom stereocenters. The van der Waals surface area contributed by atoms with Gasteiger partial charge in [-0.15, -0.1) is 0 Å². The molecule has 0 radical (unpaired) electrons. The molecule has 0 aliphatic heterocycles. The van der Waals surface area contributed by atoms with Gasteiger partial charge in [0.2, 0.25) is 0 Å². The average Bonchev–Trinajstić information content (AvgIpc) is 2.87. The van der Waals surface area contributed by atoms with E-state index in [4.69, 9.17) is 19.6 Å². The Kier molecular flexibility index (Phi) is 8.75. The lowest BCUT2D eigenvalue weighted by Gasteiger charge is -2.21. The molecule has 1 aromatic heterocycles. The van der Waals surface area contributed by atoms with Crippen LogP contribution in [0.5, 0.6) is 11.5 Å². The normalized spacial score (nSPS) is 11.7. The van der Waals surface area contributed by atoms with E-state index in [-0.39, 0.29) is 17.7 Å². The van der Waals surface area contributed by atoms with E-state index in [1.807, 2.05) is 52.0 Å². The molecule has 4 aromatic rings. The minimum Gasteiger partial charge on any atom is -0.490 e. The van der Waals surface area contributed by atoms with Gasteiger partial charge in [-0.25, -0.2) is 9.78 Å². The van der Waals surface area contributed by atoms with Crippen LogP contribution in [-0.4, -0.2) is 33.6 Å². The van der Waals surface area contributed by atoms with Crippen LogP contribution in [0.1, 0.15) is 55.0 Å². The zero-order valence-electron chi connectivity index (χ0n) is 21.9. The molecule has 202 valence electrons. The predicted octanol–water partition coefficient (Wildman–Crippen LogP) is 6.62. The first-order valence-electron chi connectivity index (χ1n) is 12.2. The van der Waals surface area contributed by atoms with Crippen molar-refractivity contribution in [3.8, 4) is 11.5 Å². The van der Waals surface area contributed by atoms with Crippen LogP contribution in [0.4, 0.5) is 0 Å². The summed E-state index contributed by atoms with van der Waals surface area (Å²) >= 11 is 5.61. The summed E-state index contributed by atoms with van der Waals surface area (Å²) in [6.07, 6.45) is 1.61. The number of rotatable bonds is 8. The Morgan fingerprint density at radius 2 is 1.85 bits per heavy atom. The van der Waals surface area contributed by atoms with E-state index in [2.05, 4.69) is 43.6 Å². The number of carboxylic acid groups (broad SMARTS) is 1. The third kappa shape index (κ3) is 6.67. The van der Waals surface area contributed by atoms with Crippen LogP contribution >= 0.6 is 38.5 Å². The number of fused-ring (bicyclic) bond motifs is 1. The van der Waals surface area contributed by atoms with Crippen LogP contribution in [-0.2, 0) is 12.0 Å². The molecule has 0 spiro atoms. The number of aromatic nitrogens is 2.